The average molecular weight is 391 g/mol. The highest BCUT2D eigenvalue weighted by Gasteiger charge is 2.23. The Balaban J connectivity index is 1.58. The van der Waals surface area contributed by atoms with E-state index in [1.807, 2.05) is 55.0 Å². The van der Waals surface area contributed by atoms with Gasteiger partial charge in [0.2, 0.25) is 5.89 Å². The number of aromatic nitrogens is 3. The van der Waals surface area contributed by atoms with Gasteiger partial charge in [0.05, 0.1) is 18.5 Å². The molecule has 0 amide bonds. The van der Waals surface area contributed by atoms with Crippen LogP contribution >= 0.6 is 11.3 Å². The van der Waals surface area contributed by atoms with E-state index in [-0.39, 0.29) is 12.0 Å². The summed E-state index contributed by atoms with van der Waals surface area (Å²) < 4.78 is 5.61. The highest BCUT2D eigenvalue weighted by molar-refractivity contribution is 7.09. The van der Waals surface area contributed by atoms with Crippen LogP contribution in [0.5, 0.6) is 0 Å². The van der Waals surface area contributed by atoms with Gasteiger partial charge in [0.1, 0.15) is 5.01 Å². The normalized spacial score (nSPS) is 12.6. The Morgan fingerprint density at radius 1 is 1.00 bits per heavy atom. The molecule has 0 bridgehead atoms. The second-order valence-electron chi connectivity index (χ2n) is 6.76. The van der Waals surface area contributed by atoms with Crippen LogP contribution in [0.3, 0.4) is 0 Å². The van der Waals surface area contributed by atoms with Crippen LogP contribution in [0.4, 0.5) is 0 Å². The predicted octanol–water partition coefficient (Wildman–Crippen LogP) is 4.90. The van der Waals surface area contributed by atoms with Gasteiger partial charge >= 0.3 is 0 Å². The monoisotopic (exact) mass is 390 g/mol. The van der Waals surface area contributed by atoms with Crippen molar-refractivity contribution in [1.29, 1.82) is 0 Å². The average Bonchev–Trinajstić information content (AvgIpc) is 3.42. The Bertz CT molecular complexity index is 946. The van der Waals surface area contributed by atoms with Crippen molar-refractivity contribution in [2.75, 3.05) is 7.05 Å². The fraction of sp³-hybridized carbons (Fsp3) is 0.227. The minimum absolute atomic E-state index is 0.0541. The number of hydrogen-bond donors (Lipinski definition) is 0. The number of hydrogen-bond acceptors (Lipinski definition) is 6. The number of thiazole rings is 1. The van der Waals surface area contributed by atoms with Gasteiger partial charge in [0.25, 0.3) is 0 Å². The zero-order valence-corrected chi connectivity index (χ0v) is 16.7. The summed E-state index contributed by atoms with van der Waals surface area (Å²) in [5.41, 5.74) is 2.29. The summed E-state index contributed by atoms with van der Waals surface area (Å²) in [7, 11) is 2.04. The molecule has 28 heavy (non-hydrogen) atoms. The molecule has 2 aromatic carbocycles. The molecule has 0 unspecified atom stereocenters. The van der Waals surface area contributed by atoms with E-state index in [9.17, 15) is 0 Å². The van der Waals surface area contributed by atoms with Crippen molar-refractivity contribution < 1.29 is 4.52 Å². The third kappa shape index (κ3) is 4.03. The molecule has 0 aliphatic carbocycles. The third-order valence-corrected chi connectivity index (χ3v) is 5.81. The quantitative estimate of drug-likeness (QED) is 0.449. The van der Waals surface area contributed by atoms with Crippen molar-refractivity contribution >= 4 is 11.3 Å². The highest BCUT2D eigenvalue weighted by atomic mass is 32.1. The maximum Gasteiger partial charge on any atom is 0.240 e. The molecule has 0 spiro atoms. The molecule has 0 aliphatic rings. The molecule has 2 aromatic heterocycles. The van der Waals surface area contributed by atoms with E-state index in [0.29, 0.717) is 18.3 Å². The Morgan fingerprint density at radius 3 is 2.21 bits per heavy atom. The minimum Gasteiger partial charge on any atom is -0.338 e. The van der Waals surface area contributed by atoms with Crippen LogP contribution in [-0.2, 0) is 6.54 Å². The molecule has 142 valence electrons. The van der Waals surface area contributed by atoms with Crippen LogP contribution in [0.25, 0.3) is 0 Å². The van der Waals surface area contributed by atoms with Crippen molar-refractivity contribution in [3.8, 4) is 0 Å². The SMILES string of the molecule is C[C@@H](c1nccs1)N(C)Cc1nc(C(c2ccccc2)c2ccccc2)no1. The number of rotatable bonds is 7. The first kappa shape index (κ1) is 18.5. The molecule has 6 heteroatoms. The number of benzene rings is 2. The summed E-state index contributed by atoms with van der Waals surface area (Å²) in [5.74, 6) is 1.24. The maximum absolute atomic E-state index is 5.61. The zero-order chi connectivity index (χ0) is 19.3. The standard InChI is InChI=1S/C22H22N4OS/c1-16(22-23-13-14-28-22)26(2)15-19-24-21(25-27-19)20(17-9-5-3-6-10-17)18-11-7-4-8-12-18/h3-14,16,20H,15H2,1-2H3/t16-/m0/s1. The van der Waals surface area contributed by atoms with Gasteiger partial charge in [-0.1, -0.05) is 65.8 Å². The first-order valence-electron chi connectivity index (χ1n) is 9.24. The second-order valence-corrected chi connectivity index (χ2v) is 7.69. The van der Waals surface area contributed by atoms with Gasteiger partial charge in [-0.3, -0.25) is 4.90 Å². The summed E-state index contributed by atoms with van der Waals surface area (Å²) in [6.45, 7) is 2.71. The molecule has 2 heterocycles. The van der Waals surface area contributed by atoms with Crippen LogP contribution in [0.2, 0.25) is 0 Å². The largest absolute Gasteiger partial charge is 0.338 e. The number of nitrogens with zero attached hydrogens (tertiary/aromatic N) is 4. The lowest BCUT2D eigenvalue weighted by Gasteiger charge is -2.20. The molecule has 4 aromatic rings. The molecule has 0 radical (unpaired) electrons. The summed E-state index contributed by atoms with van der Waals surface area (Å²) in [6.07, 6.45) is 1.83. The van der Waals surface area contributed by atoms with E-state index in [0.717, 1.165) is 16.1 Å². The summed E-state index contributed by atoms with van der Waals surface area (Å²) in [6, 6.07) is 20.8. The molecule has 0 saturated heterocycles. The predicted molar refractivity (Wildman–Crippen MR) is 110 cm³/mol. The molecule has 0 fully saturated rings. The smallest absolute Gasteiger partial charge is 0.240 e. The molecule has 5 nitrogen and oxygen atoms in total. The molecular weight excluding hydrogens is 368 g/mol. The first-order valence-corrected chi connectivity index (χ1v) is 10.1. The van der Waals surface area contributed by atoms with E-state index in [1.54, 1.807) is 11.3 Å². The van der Waals surface area contributed by atoms with Crippen LogP contribution in [0.1, 0.15) is 46.7 Å². The van der Waals surface area contributed by atoms with Crippen LogP contribution in [0, 0.1) is 0 Å². The van der Waals surface area contributed by atoms with Crippen molar-refractivity contribution in [3.05, 3.63) is 100 Å². The van der Waals surface area contributed by atoms with E-state index >= 15 is 0 Å². The molecular formula is C22H22N4OS. The molecule has 4 rings (SSSR count). The van der Waals surface area contributed by atoms with Crippen LogP contribution < -0.4 is 0 Å². The minimum atomic E-state index is -0.0541. The third-order valence-electron chi connectivity index (χ3n) is 4.86. The molecule has 1 atom stereocenters. The van der Waals surface area contributed by atoms with Gasteiger partial charge in [-0.15, -0.1) is 11.3 Å². The van der Waals surface area contributed by atoms with Gasteiger partial charge in [-0.25, -0.2) is 4.98 Å². The fourth-order valence-corrected chi connectivity index (χ4v) is 3.97. The van der Waals surface area contributed by atoms with E-state index in [4.69, 9.17) is 9.51 Å². The lowest BCUT2D eigenvalue weighted by Crippen LogP contribution is -2.22. The Hall–Kier alpha value is -2.83. The van der Waals surface area contributed by atoms with E-state index < -0.39 is 0 Å². The highest BCUT2D eigenvalue weighted by Crippen LogP contribution is 2.30. The van der Waals surface area contributed by atoms with Crippen LogP contribution in [-0.4, -0.2) is 27.1 Å². The van der Waals surface area contributed by atoms with Crippen molar-refractivity contribution in [2.45, 2.75) is 25.4 Å². The lowest BCUT2D eigenvalue weighted by molar-refractivity contribution is 0.216. The van der Waals surface area contributed by atoms with Gasteiger partial charge in [-0.05, 0) is 25.1 Å². The Kier molecular flexibility index (Phi) is 5.60. The Labute approximate surface area is 168 Å². The van der Waals surface area contributed by atoms with Gasteiger partial charge in [0, 0.05) is 11.6 Å². The summed E-state index contributed by atoms with van der Waals surface area (Å²) in [4.78, 5) is 11.3. The topological polar surface area (TPSA) is 55.1 Å². The molecule has 0 saturated carbocycles. The van der Waals surface area contributed by atoms with Gasteiger partial charge in [0.15, 0.2) is 5.82 Å². The van der Waals surface area contributed by atoms with E-state index in [2.05, 4.69) is 46.2 Å². The van der Waals surface area contributed by atoms with Crippen molar-refractivity contribution in [2.24, 2.45) is 0 Å². The van der Waals surface area contributed by atoms with E-state index in [1.165, 1.54) is 0 Å². The fourth-order valence-electron chi connectivity index (χ4n) is 3.21. The Morgan fingerprint density at radius 2 is 1.64 bits per heavy atom. The summed E-state index contributed by atoms with van der Waals surface area (Å²) >= 11 is 1.66. The lowest BCUT2D eigenvalue weighted by atomic mass is 9.91. The maximum atomic E-state index is 5.61. The van der Waals surface area contributed by atoms with Crippen molar-refractivity contribution in [3.63, 3.8) is 0 Å². The zero-order valence-electron chi connectivity index (χ0n) is 15.9. The molecule has 0 N–H and O–H groups in total. The van der Waals surface area contributed by atoms with Crippen molar-refractivity contribution in [1.82, 2.24) is 20.0 Å². The molecule has 0 aliphatic heterocycles. The van der Waals surface area contributed by atoms with Crippen LogP contribution in [0.15, 0.2) is 76.8 Å². The summed E-state index contributed by atoms with van der Waals surface area (Å²) in [5, 5.41) is 7.39. The van der Waals surface area contributed by atoms with Gasteiger partial charge in [-0.2, -0.15) is 4.98 Å². The second kappa shape index (κ2) is 8.46. The van der Waals surface area contributed by atoms with Gasteiger partial charge < -0.3 is 4.52 Å². The first-order chi connectivity index (χ1) is 13.7.